The van der Waals surface area contributed by atoms with Crippen LogP contribution in [0.3, 0.4) is 0 Å². The number of rotatable bonds is 12. The highest BCUT2D eigenvalue weighted by Gasteiger charge is 2.38. The minimum atomic E-state index is -5.08. The first-order valence-corrected chi connectivity index (χ1v) is 13.8. The van der Waals surface area contributed by atoms with Gasteiger partial charge in [-0.3, -0.25) is 4.90 Å². The maximum absolute atomic E-state index is 13.4. The van der Waals surface area contributed by atoms with Gasteiger partial charge in [-0.15, -0.1) is 0 Å². The van der Waals surface area contributed by atoms with Crippen LogP contribution in [0.1, 0.15) is 48.8 Å². The van der Waals surface area contributed by atoms with E-state index in [-0.39, 0.29) is 17.5 Å². The van der Waals surface area contributed by atoms with Gasteiger partial charge in [-0.25, -0.2) is 9.59 Å². The third-order valence-electron chi connectivity index (χ3n) is 6.45. The van der Waals surface area contributed by atoms with Crippen molar-refractivity contribution in [3.8, 4) is 0 Å². The van der Waals surface area contributed by atoms with Gasteiger partial charge in [0.2, 0.25) is 0 Å². The van der Waals surface area contributed by atoms with Gasteiger partial charge in [0.25, 0.3) is 0 Å². The second-order valence-corrected chi connectivity index (χ2v) is 10.1. The van der Waals surface area contributed by atoms with Crippen molar-refractivity contribution in [2.75, 3.05) is 19.7 Å². The molecule has 2 N–H and O–H groups in total. The summed E-state index contributed by atoms with van der Waals surface area (Å²) in [6, 6.07) is 14.1. The van der Waals surface area contributed by atoms with Crippen molar-refractivity contribution in [1.29, 1.82) is 0 Å². The highest BCUT2D eigenvalue weighted by atomic mass is 35.5. The quantitative estimate of drug-likeness (QED) is 0.137. The molecule has 0 aliphatic heterocycles. The molecule has 0 heterocycles. The molecule has 0 saturated carbocycles. The van der Waals surface area contributed by atoms with Crippen LogP contribution in [0.2, 0.25) is 5.02 Å². The fourth-order valence-corrected chi connectivity index (χ4v) is 4.64. The van der Waals surface area contributed by atoms with E-state index >= 15 is 0 Å². The Labute approximate surface area is 255 Å². The first-order valence-electron chi connectivity index (χ1n) is 13.5. The van der Waals surface area contributed by atoms with E-state index in [4.69, 9.17) is 31.3 Å². The monoisotopic (exact) mass is 647 g/mol. The molecule has 240 valence electrons. The Bertz CT molecular complexity index is 1340. The van der Waals surface area contributed by atoms with Gasteiger partial charge in [0.15, 0.2) is 0 Å². The number of alkyl halides is 6. The molecule has 1 aliphatic rings. The van der Waals surface area contributed by atoms with E-state index in [9.17, 15) is 31.1 Å². The fourth-order valence-electron chi connectivity index (χ4n) is 4.35. The molecule has 0 fully saturated rings. The van der Waals surface area contributed by atoms with Gasteiger partial charge >= 0.3 is 24.3 Å². The van der Waals surface area contributed by atoms with Crippen molar-refractivity contribution in [1.82, 2.24) is 4.90 Å². The second kappa shape index (κ2) is 16.9. The molecule has 0 bridgehead atoms. The van der Waals surface area contributed by atoms with Crippen LogP contribution in [-0.2, 0) is 27.0 Å². The van der Waals surface area contributed by atoms with Gasteiger partial charge < -0.3 is 14.9 Å². The van der Waals surface area contributed by atoms with Crippen LogP contribution in [0.4, 0.5) is 26.3 Å². The number of allylic oxidation sites excluding steroid dienone is 4. The Hall–Kier alpha value is -3.77. The zero-order valence-corrected chi connectivity index (χ0v) is 24.4. The summed E-state index contributed by atoms with van der Waals surface area (Å²) in [5.74, 6) is -2.87. The number of nitrogens with zero attached hydrogens (tertiary/aromatic N) is 1. The number of hydrogen-bond donors (Lipinski definition) is 2. The Balaban J connectivity index is 0.000000860. The molecule has 0 amide bonds. The lowest BCUT2D eigenvalue weighted by Gasteiger charge is -2.28. The molecular formula is C31H32ClF6NO5. The van der Waals surface area contributed by atoms with E-state index < -0.39 is 29.9 Å². The van der Waals surface area contributed by atoms with Crippen LogP contribution >= 0.6 is 11.6 Å². The minimum absolute atomic E-state index is 0.210. The molecular weight excluding hydrogens is 616 g/mol. The van der Waals surface area contributed by atoms with Gasteiger partial charge in [-0.2, -0.15) is 26.3 Å². The molecule has 2 aromatic carbocycles. The highest BCUT2D eigenvalue weighted by Crippen LogP contribution is 2.37. The number of benzene rings is 2. The fraction of sp³-hybridized carbons (Fsp3) is 0.355. The summed E-state index contributed by atoms with van der Waals surface area (Å²) >= 11 is 6.21. The van der Waals surface area contributed by atoms with Gasteiger partial charge in [0.05, 0.1) is 17.2 Å². The Morgan fingerprint density at radius 1 is 1.05 bits per heavy atom. The molecule has 0 aromatic heterocycles. The maximum atomic E-state index is 13.4. The van der Waals surface area contributed by atoms with Crippen molar-refractivity contribution in [3.63, 3.8) is 0 Å². The minimum Gasteiger partial charge on any atom is -0.498 e. The SMILES string of the molecule is CC[C@@H](CN(CCCOC1=CC=CC(=CC(=O)O)C1)Cc1cccc(C(F)(F)F)c1Cl)c1ccccc1.O=C(O)C(F)(F)F. The standard InChI is InChI=1S/C29H31ClF3NO3.C2HF3O2/c1-2-22(23-10-4-3-5-11-23)19-34(20-24-12-7-14-26(28(24)30)29(31,32)33)15-8-16-37-25-13-6-9-21(17-25)18-27(35)36;3-2(4,5)1(6)7/h3-7,9-14,18,22H,2,8,15-17,19-20H2,1H3,(H,35,36);(H,6,7)/t22-;/m0./s1. The van der Waals surface area contributed by atoms with Crippen molar-refractivity contribution < 1.29 is 50.9 Å². The number of carboxylic acid groups (broad SMARTS) is 2. The lowest BCUT2D eigenvalue weighted by atomic mass is 9.95. The number of ether oxygens (including phenoxy) is 1. The summed E-state index contributed by atoms with van der Waals surface area (Å²) in [5.41, 5.74) is 1.44. The van der Waals surface area contributed by atoms with Crippen LogP contribution in [0.15, 0.2) is 84.2 Å². The van der Waals surface area contributed by atoms with Crippen LogP contribution in [-0.4, -0.2) is 52.9 Å². The zero-order valence-electron chi connectivity index (χ0n) is 23.7. The van der Waals surface area contributed by atoms with Crippen LogP contribution in [0.5, 0.6) is 0 Å². The molecule has 1 atom stereocenters. The predicted octanol–water partition coefficient (Wildman–Crippen LogP) is 8.25. The zero-order chi connectivity index (χ0) is 32.9. The number of hydrogen-bond acceptors (Lipinski definition) is 4. The van der Waals surface area contributed by atoms with Crippen LogP contribution in [0.25, 0.3) is 0 Å². The Morgan fingerprint density at radius 3 is 2.27 bits per heavy atom. The van der Waals surface area contributed by atoms with E-state index in [1.54, 1.807) is 18.2 Å². The number of aliphatic carboxylic acids is 2. The number of carbonyl (C=O) groups is 2. The summed E-state index contributed by atoms with van der Waals surface area (Å²) in [7, 11) is 0. The maximum Gasteiger partial charge on any atom is 0.490 e. The third kappa shape index (κ3) is 12.5. The first kappa shape index (κ1) is 36.4. The topological polar surface area (TPSA) is 87.1 Å². The lowest BCUT2D eigenvalue weighted by Crippen LogP contribution is -2.30. The summed E-state index contributed by atoms with van der Waals surface area (Å²) in [4.78, 5) is 21.9. The first-order chi connectivity index (χ1) is 20.6. The molecule has 0 saturated heterocycles. The normalized spacial score (nSPS) is 14.9. The average Bonchev–Trinajstić information content (AvgIpc) is 2.94. The number of halogens is 7. The lowest BCUT2D eigenvalue weighted by molar-refractivity contribution is -0.192. The molecule has 1 aliphatic carbocycles. The predicted molar refractivity (Wildman–Crippen MR) is 153 cm³/mol. The molecule has 6 nitrogen and oxygen atoms in total. The van der Waals surface area contributed by atoms with E-state index in [1.165, 1.54) is 11.6 Å². The molecule has 0 spiro atoms. The summed E-state index contributed by atoms with van der Waals surface area (Å²) < 4.78 is 77.9. The molecule has 2 aromatic rings. The molecule has 3 rings (SSSR count). The third-order valence-corrected chi connectivity index (χ3v) is 6.90. The molecule has 44 heavy (non-hydrogen) atoms. The van der Waals surface area contributed by atoms with Crippen LogP contribution in [0, 0.1) is 0 Å². The summed E-state index contributed by atoms with van der Waals surface area (Å²) in [6.07, 6.45) is -1.23. The van der Waals surface area contributed by atoms with Crippen LogP contribution < -0.4 is 0 Å². The Kier molecular flexibility index (Phi) is 14.0. The Morgan fingerprint density at radius 2 is 1.70 bits per heavy atom. The van der Waals surface area contributed by atoms with E-state index in [0.717, 1.165) is 18.6 Å². The van der Waals surface area contributed by atoms with Gasteiger partial charge in [-0.05, 0) is 47.6 Å². The van der Waals surface area contributed by atoms with E-state index in [0.29, 0.717) is 49.4 Å². The smallest absolute Gasteiger partial charge is 0.490 e. The number of carboxylic acids is 2. The van der Waals surface area contributed by atoms with E-state index in [1.807, 2.05) is 24.3 Å². The summed E-state index contributed by atoms with van der Waals surface area (Å²) in [6.45, 7) is 4.03. The molecule has 0 unspecified atom stereocenters. The van der Waals surface area contributed by atoms with Gasteiger partial charge in [0, 0.05) is 32.1 Å². The van der Waals surface area contributed by atoms with Crippen molar-refractivity contribution in [2.24, 2.45) is 0 Å². The van der Waals surface area contributed by atoms with Gasteiger partial charge in [-0.1, -0.05) is 73.1 Å². The van der Waals surface area contributed by atoms with Gasteiger partial charge in [0.1, 0.15) is 5.76 Å². The van der Waals surface area contributed by atoms with Crippen molar-refractivity contribution >= 4 is 23.5 Å². The molecule has 13 heteroatoms. The summed E-state index contributed by atoms with van der Waals surface area (Å²) in [5, 5.41) is 15.8. The van der Waals surface area contributed by atoms with Crippen molar-refractivity contribution in [3.05, 3.63) is 106 Å². The van der Waals surface area contributed by atoms with Crippen molar-refractivity contribution in [2.45, 2.75) is 51.0 Å². The largest absolute Gasteiger partial charge is 0.498 e. The highest BCUT2D eigenvalue weighted by molar-refractivity contribution is 6.32. The van der Waals surface area contributed by atoms with E-state index in [2.05, 4.69) is 24.0 Å². The average molecular weight is 648 g/mol. The second-order valence-electron chi connectivity index (χ2n) is 9.76. The molecule has 0 radical (unpaired) electrons.